The van der Waals surface area contributed by atoms with Gasteiger partial charge >= 0.3 is 6.09 Å². The number of nitrogens with zero attached hydrogens (tertiary/aromatic N) is 3. The van der Waals surface area contributed by atoms with Crippen molar-refractivity contribution in [1.29, 1.82) is 0 Å². The third kappa shape index (κ3) is 4.59. The highest BCUT2D eigenvalue weighted by atomic mass is 16.4. The summed E-state index contributed by atoms with van der Waals surface area (Å²) < 4.78 is 0. The fraction of sp³-hybridized carbons (Fsp3) is 0.391. The number of nitrogens with one attached hydrogen (secondary N) is 1. The van der Waals surface area contributed by atoms with Gasteiger partial charge in [-0.25, -0.2) is 4.79 Å². The van der Waals surface area contributed by atoms with Gasteiger partial charge in [0.05, 0.1) is 17.4 Å². The van der Waals surface area contributed by atoms with E-state index in [1.165, 1.54) is 0 Å². The molecule has 31 heavy (non-hydrogen) atoms. The van der Waals surface area contributed by atoms with Crippen LogP contribution < -0.4 is 16.0 Å². The zero-order valence-electron chi connectivity index (χ0n) is 17.7. The van der Waals surface area contributed by atoms with Crippen LogP contribution in [0.3, 0.4) is 0 Å². The molecule has 8 heteroatoms. The molecule has 8 nitrogen and oxygen atoms in total. The van der Waals surface area contributed by atoms with Gasteiger partial charge in [0.15, 0.2) is 0 Å². The number of amides is 2. The summed E-state index contributed by atoms with van der Waals surface area (Å²) in [6.45, 7) is 3.18. The van der Waals surface area contributed by atoms with Gasteiger partial charge in [0.2, 0.25) is 0 Å². The molecule has 0 bridgehead atoms. The molecule has 4 rings (SSSR count). The van der Waals surface area contributed by atoms with Crippen LogP contribution >= 0.6 is 0 Å². The lowest BCUT2D eigenvalue weighted by molar-refractivity contribution is 0.102. The van der Waals surface area contributed by atoms with Gasteiger partial charge in [0.1, 0.15) is 0 Å². The van der Waals surface area contributed by atoms with Crippen LogP contribution in [0.15, 0.2) is 48.5 Å². The molecule has 2 amide bonds. The summed E-state index contributed by atoms with van der Waals surface area (Å²) in [4.78, 5) is 30.5. The maximum absolute atomic E-state index is 12.5. The number of para-hydroxylation sites is 2. The number of likely N-dealkylation sites (N-methyl/N-ethyl adjacent to an activating group) is 1. The van der Waals surface area contributed by atoms with Crippen LogP contribution in [0.5, 0.6) is 0 Å². The lowest BCUT2D eigenvalue weighted by Gasteiger charge is -2.32. The summed E-state index contributed by atoms with van der Waals surface area (Å²) in [5.74, 6) is -0.217. The van der Waals surface area contributed by atoms with Gasteiger partial charge in [-0.3, -0.25) is 9.69 Å². The van der Waals surface area contributed by atoms with Crippen molar-refractivity contribution in [2.24, 2.45) is 0 Å². The van der Waals surface area contributed by atoms with E-state index in [0.29, 0.717) is 23.5 Å². The second-order valence-electron chi connectivity index (χ2n) is 8.37. The topological polar surface area (TPSA) is 102 Å². The highest BCUT2D eigenvalue weighted by molar-refractivity contribution is 6.05. The van der Waals surface area contributed by atoms with Gasteiger partial charge in [0, 0.05) is 36.9 Å². The monoisotopic (exact) mass is 423 g/mol. The summed E-state index contributed by atoms with van der Waals surface area (Å²) in [7, 11) is 2.03. The minimum atomic E-state index is -0.834. The molecule has 2 aliphatic rings. The number of benzene rings is 2. The zero-order valence-corrected chi connectivity index (χ0v) is 17.7. The summed E-state index contributed by atoms with van der Waals surface area (Å²) in [5.41, 5.74) is 8.54. The molecule has 2 heterocycles. The summed E-state index contributed by atoms with van der Waals surface area (Å²) >= 11 is 0. The molecule has 2 aromatic carbocycles. The van der Waals surface area contributed by atoms with Crippen molar-refractivity contribution in [1.82, 2.24) is 9.80 Å². The van der Waals surface area contributed by atoms with Crippen LogP contribution in [0.2, 0.25) is 0 Å². The van der Waals surface area contributed by atoms with Crippen molar-refractivity contribution in [3.63, 3.8) is 0 Å². The summed E-state index contributed by atoms with van der Waals surface area (Å²) in [6.07, 6.45) is 0.858. The minimum Gasteiger partial charge on any atom is -0.465 e. The Morgan fingerprint density at radius 3 is 2.35 bits per heavy atom. The second-order valence-corrected chi connectivity index (χ2v) is 8.37. The molecule has 2 fully saturated rings. The molecule has 0 aromatic heterocycles. The van der Waals surface area contributed by atoms with E-state index in [9.17, 15) is 14.7 Å². The Bertz CT molecular complexity index is 948. The first-order valence-corrected chi connectivity index (χ1v) is 10.6. The Labute approximate surface area is 182 Å². The van der Waals surface area contributed by atoms with Crippen molar-refractivity contribution in [2.45, 2.75) is 24.9 Å². The van der Waals surface area contributed by atoms with Crippen LogP contribution in [0.1, 0.15) is 23.2 Å². The molecule has 2 aliphatic heterocycles. The Morgan fingerprint density at radius 1 is 1.03 bits per heavy atom. The molecule has 164 valence electrons. The van der Waals surface area contributed by atoms with E-state index in [-0.39, 0.29) is 18.0 Å². The molecule has 0 radical (unpaired) electrons. The first-order chi connectivity index (χ1) is 14.9. The van der Waals surface area contributed by atoms with Crippen molar-refractivity contribution in [3.8, 4) is 0 Å². The number of anilines is 3. The molecule has 2 saturated heterocycles. The third-order valence-corrected chi connectivity index (χ3v) is 6.24. The number of hydrogen-bond donors (Lipinski definition) is 3. The fourth-order valence-electron chi connectivity index (χ4n) is 4.58. The van der Waals surface area contributed by atoms with Crippen LogP contribution in [0.25, 0.3) is 0 Å². The van der Waals surface area contributed by atoms with E-state index in [1.54, 1.807) is 29.2 Å². The first-order valence-electron chi connectivity index (χ1n) is 10.6. The van der Waals surface area contributed by atoms with Gasteiger partial charge in [-0.15, -0.1) is 0 Å². The highest BCUT2D eigenvalue weighted by Gasteiger charge is 2.37. The Hall–Kier alpha value is -3.26. The predicted molar refractivity (Wildman–Crippen MR) is 122 cm³/mol. The Kier molecular flexibility index (Phi) is 5.99. The normalized spacial score (nSPS) is 21.3. The first kappa shape index (κ1) is 21.0. The molecule has 0 aliphatic carbocycles. The van der Waals surface area contributed by atoms with Crippen molar-refractivity contribution >= 4 is 29.1 Å². The van der Waals surface area contributed by atoms with E-state index in [1.807, 2.05) is 31.3 Å². The Morgan fingerprint density at radius 2 is 1.71 bits per heavy atom. The van der Waals surface area contributed by atoms with Gasteiger partial charge in [-0.05, 0) is 62.8 Å². The number of carbonyl (C=O) groups is 2. The second kappa shape index (κ2) is 8.85. The standard InChI is InChI=1S/C23H29N5O3/c1-26-12-10-18(14-26)28(23(30)31)19-11-13-27(15-19)17-8-6-16(7-9-17)22(29)25-21-5-3-2-4-20(21)24/h2-9,18-19H,10-15,24H2,1H3,(H,25,29)(H,30,31)/t18-,19+/m1/s1. The molecular formula is C23H29N5O3. The van der Waals surface area contributed by atoms with Gasteiger partial charge in [0.25, 0.3) is 5.91 Å². The van der Waals surface area contributed by atoms with E-state index in [0.717, 1.165) is 38.2 Å². The van der Waals surface area contributed by atoms with Gasteiger partial charge in [-0.1, -0.05) is 12.1 Å². The smallest absolute Gasteiger partial charge is 0.407 e. The van der Waals surface area contributed by atoms with Crippen molar-refractivity contribution < 1.29 is 14.7 Å². The minimum absolute atomic E-state index is 0.0157. The number of likely N-dealkylation sites (tertiary alicyclic amines) is 1. The van der Waals surface area contributed by atoms with Crippen molar-refractivity contribution in [3.05, 3.63) is 54.1 Å². The average molecular weight is 424 g/mol. The highest BCUT2D eigenvalue weighted by Crippen LogP contribution is 2.27. The molecular weight excluding hydrogens is 394 g/mol. The van der Waals surface area contributed by atoms with Crippen molar-refractivity contribution in [2.75, 3.05) is 49.2 Å². The predicted octanol–water partition coefficient (Wildman–Crippen LogP) is 2.78. The molecule has 0 spiro atoms. The van der Waals surface area contributed by atoms with Gasteiger partial charge < -0.3 is 26.0 Å². The largest absolute Gasteiger partial charge is 0.465 e. The number of rotatable bonds is 5. The van der Waals surface area contributed by atoms with Gasteiger partial charge in [-0.2, -0.15) is 0 Å². The Balaban J connectivity index is 1.40. The van der Waals surface area contributed by atoms with Crippen LogP contribution in [-0.2, 0) is 0 Å². The average Bonchev–Trinajstić information content (AvgIpc) is 3.39. The zero-order chi connectivity index (χ0) is 22.0. The maximum Gasteiger partial charge on any atom is 0.407 e. The molecule has 2 atom stereocenters. The number of carboxylic acid groups (broad SMARTS) is 1. The van der Waals surface area contributed by atoms with Crippen LogP contribution in [0.4, 0.5) is 21.9 Å². The molecule has 2 aromatic rings. The fourth-order valence-corrected chi connectivity index (χ4v) is 4.58. The number of carbonyl (C=O) groups excluding carboxylic acids is 1. The lowest BCUT2D eigenvalue weighted by atomic mass is 10.1. The molecule has 0 saturated carbocycles. The molecule has 0 unspecified atom stereocenters. The SMILES string of the molecule is CN1CC[C@@H](N(C(=O)O)[C@H]2CCN(c3ccc(C(=O)Nc4ccccc4N)cc3)C2)C1. The summed E-state index contributed by atoms with van der Waals surface area (Å²) in [6, 6.07) is 14.6. The van der Waals surface area contributed by atoms with Crippen LogP contribution in [0, 0.1) is 0 Å². The van der Waals surface area contributed by atoms with E-state index >= 15 is 0 Å². The van der Waals surface area contributed by atoms with E-state index < -0.39 is 6.09 Å². The molecule has 4 N–H and O–H groups in total. The number of nitrogen functional groups attached to an aromatic ring is 1. The maximum atomic E-state index is 12.5. The summed E-state index contributed by atoms with van der Waals surface area (Å²) in [5, 5.41) is 12.6. The number of hydrogen-bond acceptors (Lipinski definition) is 5. The van der Waals surface area contributed by atoms with E-state index in [2.05, 4.69) is 15.1 Å². The van der Waals surface area contributed by atoms with Crippen LogP contribution in [-0.4, -0.2) is 72.2 Å². The van der Waals surface area contributed by atoms with E-state index in [4.69, 9.17) is 5.73 Å². The number of nitrogens with two attached hydrogens (primary N) is 1. The quantitative estimate of drug-likeness (QED) is 0.639. The third-order valence-electron chi connectivity index (χ3n) is 6.24. The lowest BCUT2D eigenvalue weighted by Crippen LogP contribution is -2.48.